The number of hydrogen-bond donors (Lipinski definition) is 0. The summed E-state index contributed by atoms with van der Waals surface area (Å²) in [6.45, 7) is 1.84. The maximum Gasteiger partial charge on any atom is 0.231 e. The van der Waals surface area contributed by atoms with Gasteiger partial charge in [0.25, 0.3) is 0 Å². The monoisotopic (exact) mass is 386 g/mol. The van der Waals surface area contributed by atoms with Gasteiger partial charge in [-0.05, 0) is 41.8 Å². The fraction of sp³-hybridized carbons (Fsp3) is 0.208. The minimum Gasteiger partial charge on any atom is -0.497 e. The van der Waals surface area contributed by atoms with Gasteiger partial charge in [0.1, 0.15) is 5.75 Å². The highest BCUT2D eigenvalue weighted by Crippen LogP contribution is 2.37. The number of ether oxygens (including phenoxy) is 3. The van der Waals surface area contributed by atoms with Gasteiger partial charge in [-0.15, -0.1) is 0 Å². The molecule has 5 heteroatoms. The second-order valence-electron chi connectivity index (χ2n) is 7.16. The molecule has 5 nitrogen and oxygen atoms in total. The van der Waals surface area contributed by atoms with Crippen molar-refractivity contribution in [1.29, 1.82) is 0 Å². The van der Waals surface area contributed by atoms with E-state index in [0.717, 1.165) is 53.6 Å². The summed E-state index contributed by atoms with van der Waals surface area (Å²) in [6, 6.07) is 22.6. The molecule has 0 spiro atoms. The lowest BCUT2D eigenvalue weighted by Crippen LogP contribution is -2.20. The zero-order valence-electron chi connectivity index (χ0n) is 16.3. The molecule has 3 aromatic rings. The van der Waals surface area contributed by atoms with E-state index >= 15 is 0 Å². The number of benzene rings is 3. The minimum absolute atomic E-state index is 0.277. The molecular formula is C24H22N2O3. The molecule has 5 rings (SSSR count). The SMILES string of the molecule is COc1ccc(CN2CCc3cc4c(cc3C(c3ccccc3)=N2)OCO4)cc1. The number of rotatable bonds is 4. The van der Waals surface area contributed by atoms with Crippen molar-refractivity contribution in [2.45, 2.75) is 13.0 Å². The van der Waals surface area contributed by atoms with E-state index in [4.69, 9.17) is 19.3 Å². The summed E-state index contributed by atoms with van der Waals surface area (Å²) in [5.74, 6) is 2.47. The summed E-state index contributed by atoms with van der Waals surface area (Å²) in [5, 5.41) is 7.21. The zero-order valence-corrected chi connectivity index (χ0v) is 16.3. The molecule has 0 aromatic heterocycles. The van der Waals surface area contributed by atoms with E-state index in [0.29, 0.717) is 0 Å². The Balaban J connectivity index is 1.53. The van der Waals surface area contributed by atoms with Crippen LogP contribution in [0.3, 0.4) is 0 Å². The van der Waals surface area contributed by atoms with Crippen LogP contribution in [0.5, 0.6) is 17.2 Å². The van der Waals surface area contributed by atoms with Crippen LogP contribution in [0.2, 0.25) is 0 Å². The Labute approximate surface area is 170 Å². The molecule has 0 unspecified atom stereocenters. The molecule has 0 bridgehead atoms. The van der Waals surface area contributed by atoms with Gasteiger partial charge in [-0.1, -0.05) is 42.5 Å². The predicted molar refractivity (Wildman–Crippen MR) is 112 cm³/mol. The molecule has 2 aliphatic heterocycles. The third-order valence-corrected chi connectivity index (χ3v) is 5.31. The largest absolute Gasteiger partial charge is 0.497 e. The molecule has 0 saturated heterocycles. The van der Waals surface area contributed by atoms with E-state index in [1.807, 2.05) is 30.3 Å². The summed E-state index contributed by atoms with van der Waals surface area (Å²) >= 11 is 0. The molecule has 0 N–H and O–H groups in total. The summed E-state index contributed by atoms with van der Waals surface area (Å²) in [5.41, 5.74) is 5.59. The van der Waals surface area contributed by atoms with E-state index in [1.165, 1.54) is 11.1 Å². The number of hydrogen-bond acceptors (Lipinski definition) is 5. The van der Waals surface area contributed by atoms with Gasteiger partial charge < -0.3 is 14.2 Å². The minimum atomic E-state index is 0.277. The fourth-order valence-corrected chi connectivity index (χ4v) is 3.77. The normalized spacial score (nSPS) is 14.8. The second-order valence-corrected chi connectivity index (χ2v) is 7.16. The van der Waals surface area contributed by atoms with Gasteiger partial charge in [0, 0.05) is 17.7 Å². The van der Waals surface area contributed by atoms with Gasteiger partial charge in [0.15, 0.2) is 11.5 Å². The topological polar surface area (TPSA) is 43.3 Å². The lowest BCUT2D eigenvalue weighted by atomic mass is 9.95. The highest BCUT2D eigenvalue weighted by Gasteiger charge is 2.24. The molecule has 0 atom stereocenters. The first-order valence-electron chi connectivity index (χ1n) is 9.75. The van der Waals surface area contributed by atoms with E-state index < -0.39 is 0 Å². The molecule has 29 heavy (non-hydrogen) atoms. The summed E-state index contributed by atoms with van der Waals surface area (Å²) < 4.78 is 16.5. The van der Waals surface area contributed by atoms with Crippen molar-refractivity contribution in [2.24, 2.45) is 5.10 Å². The zero-order chi connectivity index (χ0) is 19.6. The average Bonchev–Trinajstić information content (AvgIpc) is 3.16. The third-order valence-electron chi connectivity index (χ3n) is 5.31. The van der Waals surface area contributed by atoms with Crippen LogP contribution in [0.15, 0.2) is 71.8 Å². The van der Waals surface area contributed by atoms with Crippen molar-refractivity contribution in [3.05, 3.63) is 89.0 Å². The van der Waals surface area contributed by atoms with E-state index in [9.17, 15) is 0 Å². The molecular weight excluding hydrogens is 364 g/mol. The van der Waals surface area contributed by atoms with Gasteiger partial charge >= 0.3 is 0 Å². The summed E-state index contributed by atoms with van der Waals surface area (Å²) in [7, 11) is 1.68. The number of nitrogens with zero attached hydrogens (tertiary/aromatic N) is 2. The Morgan fingerprint density at radius 3 is 2.48 bits per heavy atom. The van der Waals surface area contributed by atoms with Crippen LogP contribution in [0.25, 0.3) is 0 Å². The molecule has 0 aliphatic carbocycles. The van der Waals surface area contributed by atoms with Crippen molar-refractivity contribution in [2.75, 3.05) is 20.4 Å². The first-order chi connectivity index (χ1) is 14.3. The second kappa shape index (κ2) is 7.51. The first kappa shape index (κ1) is 17.6. The molecule has 0 saturated carbocycles. The summed E-state index contributed by atoms with van der Waals surface area (Å²) in [6.07, 6.45) is 0.891. The standard InChI is InChI=1S/C24H22N2O3/c1-27-20-9-7-17(8-10-20)15-26-12-11-19-13-22-23(29-16-28-22)14-21(19)24(25-26)18-5-3-2-4-6-18/h2-10,13-14H,11-12,15-16H2,1H3. The van der Waals surface area contributed by atoms with Crippen LogP contribution in [0.4, 0.5) is 0 Å². The van der Waals surface area contributed by atoms with Crippen LogP contribution in [0.1, 0.15) is 22.3 Å². The van der Waals surface area contributed by atoms with Crippen LogP contribution in [-0.4, -0.2) is 31.2 Å². The van der Waals surface area contributed by atoms with E-state index in [2.05, 4.69) is 41.4 Å². The lowest BCUT2D eigenvalue weighted by molar-refractivity contribution is 0.174. The highest BCUT2D eigenvalue weighted by molar-refractivity contribution is 6.14. The Hall–Kier alpha value is -3.47. The smallest absolute Gasteiger partial charge is 0.231 e. The molecule has 3 aromatic carbocycles. The van der Waals surface area contributed by atoms with Crippen LogP contribution in [0, 0.1) is 0 Å². The Kier molecular flexibility index (Phi) is 4.56. The lowest BCUT2D eigenvalue weighted by Gasteiger charge is -2.19. The Morgan fingerprint density at radius 1 is 0.966 bits per heavy atom. The maximum atomic E-state index is 5.63. The van der Waals surface area contributed by atoms with Gasteiger partial charge in [0.05, 0.1) is 19.4 Å². The Morgan fingerprint density at radius 2 is 1.72 bits per heavy atom. The van der Waals surface area contributed by atoms with Gasteiger partial charge in [-0.2, -0.15) is 5.10 Å². The van der Waals surface area contributed by atoms with Crippen molar-refractivity contribution >= 4 is 5.71 Å². The fourth-order valence-electron chi connectivity index (χ4n) is 3.77. The van der Waals surface area contributed by atoms with Gasteiger partial charge in [0.2, 0.25) is 6.79 Å². The van der Waals surface area contributed by atoms with Crippen molar-refractivity contribution in [1.82, 2.24) is 5.01 Å². The van der Waals surface area contributed by atoms with E-state index in [1.54, 1.807) is 7.11 Å². The van der Waals surface area contributed by atoms with Gasteiger partial charge in [-0.3, -0.25) is 5.01 Å². The molecule has 0 radical (unpaired) electrons. The molecule has 146 valence electrons. The number of hydrazone groups is 1. The quantitative estimate of drug-likeness (QED) is 0.673. The number of methoxy groups -OCH3 is 1. The van der Waals surface area contributed by atoms with Crippen LogP contribution >= 0.6 is 0 Å². The first-order valence-corrected chi connectivity index (χ1v) is 9.75. The predicted octanol–water partition coefficient (Wildman–Crippen LogP) is 4.23. The van der Waals surface area contributed by atoms with Crippen LogP contribution < -0.4 is 14.2 Å². The summed E-state index contributed by atoms with van der Waals surface area (Å²) in [4.78, 5) is 0. The molecule has 0 amide bonds. The Bertz CT molecular complexity index is 1050. The van der Waals surface area contributed by atoms with Gasteiger partial charge in [-0.25, -0.2) is 0 Å². The van der Waals surface area contributed by atoms with Crippen molar-refractivity contribution in [3.63, 3.8) is 0 Å². The highest BCUT2D eigenvalue weighted by atomic mass is 16.7. The van der Waals surface area contributed by atoms with Crippen LogP contribution in [-0.2, 0) is 13.0 Å². The van der Waals surface area contributed by atoms with E-state index in [-0.39, 0.29) is 6.79 Å². The van der Waals surface area contributed by atoms with Crippen molar-refractivity contribution in [3.8, 4) is 17.2 Å². The molecule has 2 heterocycles. The molecule has 0 fully saturated rings. The average molecular weight is 386 g/mol. The molecule has 2 aliphatic rings. The number of fused-ring (bicyclic) bond motifs is 2. The third kappa shape index (κ3) is 3.51. The maximum absolute atomic E-state index is 5.63. The van der Waals surface area contributed by atoms with Crippen molar-refractivity contribution < 1.29 is 14.2 Å².